The van der Waals surface area contributed by atoms with Crippen molar-refractivity contribution in [3.05, 3.63) is 29.3 Å². The first-order valence-corrected chi connectivity index (χ1v) is 7.85. The van der Waals surface area contributed by atoms with Gasteiger partial charge in [-0.2, -0.15) is 0 Å². The average molecular weight is 288 g/mol. The summed E-state index contributed by atoms with van der Waals surface area (Å²) in [4.78, 5) is 23.5. The average Bonchev–Trinajstić information content (AvgIpc) is 2.86. The van der Waals surface area contributed by atoms with Crippen LogP contribution in [0, 0.1) is 5.92 Å². The number of carbonyl (C=O) groups excluding carboxylic acids is 2. The summed E-state index contributed by atoms with van der Waals surface area (Å²) in [6.45, 7) is 5.07. The monoisotopic (exact) mass is 288 g/mol. The first kappa shape index (κ1) is 15.5. The lowest BCUT2D eigenvalue weighted by atomic mass is 9.99. The van der Waals surface area contributed by atoms with Crippen molar-refractivity contribution in [3.8, 4) is 0 Å². The zero-order chi connectivity index (χ0) is 15.2. The van der Waals surface area contributed by atoms with Gasteiger partial charge in [-0.15, -0.1) is 0 Å². The number of fused-ring (bicyclic) bond motifs is 1. The van der Waals surface area contributed by atoms with Crippen molar-refractivity contribution in [2.75, 3.05) is 11.9 Å². The van der Waals surface area contributed by atoms with Crippen LogP contribution in [-0.4, -0.2) is 18.4 Å². The molecule has 1 aromatic rings. The molecular weight excluding hydrogens is 264 g/mol. The van der Waals surface area contributed by atoms with E-state index in [1.165, 1.54) is 12.8 Å². The summed E-state index contributed by atoms with van der Waals surface area (Å²) in [7, 11) is 0. The van der Waals surface area contributed by atoms with Crippen LogP contribution in [0.5, 0.6) is 0 Å². The van der Waals surface area contributed by atoms with Crippen LogP contribution in [-0.2, 0) is 11.2 Å². The van der Waals surface area contributed by atoms with E-state index in [0.717, 1.165) is 30.6 Å². The Balaban J connectivity index is 1.92. The molecule has 21 heavy (non-hydrogen) atoms. The Hall–Kier alpha value is -1.84. The van der Waals surface area contributed by atoms with E-state index in [0.29, 0.717) is 17.9 Å². The second-order valence-electron chi connectivity index (χ2n) is 5.72. The molecule has 0 bridgehead atoms. The molecule has 1 heterocycles. The Kier molecular flexibility index (Phi) is 5.37. The zero-order valence-electron chi connectivity index (χ0n) is 12.9. The second kappa shape index (κ2) is 7.25. The molecule has 0 saturated carbocycles. The number of anilines is 1. The predicted molar refractivity (Wildman–Crippen MR) is 84.4 cm³/mol. The van der Waals surface area contributed by atoms with Crippen molar-refractivity contribution in [1.82, 2.24) is 5.32 Å². The Morgan fingerprint density at radius 1 is 1.38 bits per heavy atom. The van der Waals surface area contributed by atoms with E-state index in [2.05, 4.69) is 24.5 Å². The highest BCUT2D eigenvalue weighted by atomic mass is 16.2. The fraction of sp³-hybridized carbons (Fsp3) is 0.529. The minimum absolute atomic E-state index is 0.00632. The summed E-state index contributed by atoms with van der Waals surface area (Å²) in [5.74, 6) is 0.477. The van der Waals surface area contributed by atoms with E-state index in [4.69, 9.17) is 0 Å². The number of benzene rings is 1. The summed E-state index contributed by atoms with van der Waals surface area (Å²) in [5, 5.41) is 5.79. The van der Waals surface area contributed by atoms with E-state index in [-0.39, 0.29) is 11.8 Å². The standard InChI is InChI=1S/C17H24N2O2/c1-3-5-6-12(4-2)11-18-17(21)14-8-7-13-10-16(20)19-15(13)9-14/h7-9,12H,3-6,10-11H2,1-2H3,(H,18,21)(H,19,20). The molecule has 1 aliphatic heterocycles. The van der Waals surface area contributed by atoms with Crippen molar-refractivity contribution < 1.29 is 9.59 Å². The van der Waals surface area contributed by atoms with Crippen LogP contribution < -0.4 is 10.6 Å². The highest BCUT2D eigenvalue weighted by Crippen LogP contribution is 2.24. The van der Waals surface area contributed by atoms with Crippen LogP contribution in [0.25, 0.3) is 0 Å². The van der Waals surface area contributed by atoms with Crippen molar-refractivity contribution >= 4 is 17.5 Å². The van der Waals surface area contributed by atoms with Gasteiger partial charge in [0.1, 0.15) is 0 Å². The van der Waals surface area contributed by atoms with Crippen LogP contribution in [0.2, 0.25) is 0 Å². The fourth-order valence-corrected chi connectivity index (χ4v) is 2.64. The topological polar surface area (TPSA) is 58.2 Å². The van der Waals surface area contributed by atoms with Gasteiger partial charge in [0, 0.05) is 17.8 Å². The number of unbranched alkanes of at least 4 members (excludes halogenated alkanes) is 1. The normalized spacial score (nSPS) is 14.5. The molecule has 4 heteroatoms. The van der Waals surface area contributed by atoms with Gasteiger partial charge in [-0.1, -0.05) is 39.2 Å². The van der Waals surface area contributed by atoms with Gasteiger partial charge in [0.2, 0.25) is 5.91 Å². The molecule has 2 N–H and O–H groups in total. The Bertz CT molecular complexity index is 526. The number of hydrogen-bond acceptors (Lipinski definition) is 2. The lowest BCUT2D eigenvalue weighted by Crippen LogP contribution is -2.29. The first-order valence-electron chi connectivity index (χ1n) is 7.85. The molecule has 0 aromatic heterocycles. The van der Waals surface area contributed by atoms with Crippen LogP contribution in [0.1, 0.15) is 55.5 Å². The van der Waals surface area contributed by atoms with E-state index in [9.17, 15) is 9.59 Å². The third kappa shape index (κ3) is 4.06. The molecule has 2 rings (SSSR count). The first-order chi connectivity index (χ1) is 10.1. The quantitative estimate of drug-likeness (QED) is 0.810. The van der Waals surface area contributed by atoms with Crippen molar-refractivity contribution in [3.63, 3.8) is 0 Å². The highest BCUT2D eigenvalue weighted by Gasteiger charge is 2.19. The van der Waals surface area contributed by atoms with Gasteiger partial charge in [-0.05, 0) is 30.0 Å². The molecule has 114 valence electrons. The molecule has 0 aliphatic carbocycles. The number of carbonyl (C=O) groups is 2. The smallest absolute Gasteiger partial charge is 0.251 e. The van der Waals surface area contributed by atoms with Gasteiger partial charge in [0.15, 0.2) is 0 Å². The molecule has 0 saturated heterocycles. The maximum absolute atomic E-state index is 12.2. The lowest BCUT2D eigenvalue weighted by Gasteiger charge is -2.15. The van der Waals surface area contributed by atoms with Gasteiger partial charge in [-0.3, -0.25) is 9.59 Å². The second-order valence-corrected chi connectivity index (χ2v) is 5.72. The maximum atomic E-state index is 12.2. The van der Waals surface area contributed by atoms with Crippen molar-refractivity contribution in [2.24, 2.45) is 5.92 Å². The highest BCUT2D eigenvalue weighted by molar-refractivity contribution is 6.02. The Labute approximate surface area is 126 Å². The molecule has 1 atom stereocenters. The van der Waals surface area contributed by atoms with Gasteiger partial charge >= 0.3 is 0 Å². The number of hydrogen-bond donors (Lipinski definition) is 2. The van der Waals surface area contributed by atoms with Crippen LogP contribution in [0.15, 0.2) is 18.2 Å². The molecular formula is C17H24N2O2. The Morgan fingerprint density at radius 2 is 2.19 bits per heavy atom. The largest absolute Gasteiger partial charge is 0.352 e. The third-order valence-electron chi connectivity index (χ3n) is 4.09. The number of nitrogens with one attached hydrogen (secondary N) is 2. The van der Waals surface area contributed by atoms with Crippen LogP contribution in [0.4, 0.5) is 5.69 Å². The number of rotatable bonds is 7. The minimum atomic E-state index is -0.0612. The van der Waals surface area contributed by atoms with E-state index >= 15 is 0 Å². The fourth-order valence-electron chi connectivity index (χ4n) is 2.64. The van der Waals surface area contributed by atoms with Crippen LogP contribution in [0.3, 0.4) is 0 Å². The molecule has 2 amide bonds. The summed E-state index contributed by atoms with van der Waals surface area (Å²) >= 11 is 0. The molecule has 0 radical (unpaired) electrons. The third-order valence-corrected chi connectivity index (χ3v) is 4.09. The summed E-state index contributed by atoms with van der Waals surface area (Å²) in [6, 6.07) is 5.42. The molecule has 0 spiro atoms. The van der Waals surface area contributed by atoms with Gasteiger partial charge < -0.3 is 10.6 Å². The lowest BCUT2D eigenvalue weighted by molar-refractivity contribution is -0.115. The van der Waals surface area contributed by atoms with E-state index in [1.807, 2.05) is 6.07 Å². The van der Waals surface area contributed by atoms with E-state index in [1.54, 1.807) is 12.1 Å². The molecule has 1 aromatic carbocycles. The van der Waals surface area contributed by atoms with Gasteiger partial charge in [0.25, 0.3) is 5.91 Å². The minimum Gasteiger partial charge on any atom is -0.352 e. The summed E-state index contributed by atoms with van der Waals surface area (Å²) in [6.07, 6.45) is 5.05. The van der Waals surface area contributed by atoms with Crippen LogP contribution >= 0.6 is 0 Å². The summed E-state index contributed by atoms with van der Waals surface area (Å²) in [5.41, 5.74) is 2.35. The SMILES string of the molecule is CCCCC(CC)CNC(=O)c1ccc2c(c1)NC(=O)C2. The Morgan fingerprint density at radius 3 is 2.90 bits per heavy atom. The number of amides is 2. The van der Waals surface area contributed by atoms with Gasteiger partial charge in [0.05, 0.1) is 6.42 Å². The maximum Gasteiger partial charge on any atom is 0.251 e. The molecule has 1 unspecified atom stereocenters. The van der Waals surface area contributed by atoms with E-state index < -0.39 is 0 Å². The van der Waals surface area contributed by atoms with Crippen molar-refractivity contribution in [2.45, 2.75) is 46.0 Å². The predicted octanol–water partition coefficient (Wildman–Crippen LogP) is 3.13. The molecule has 4 nitrogen and oxygen atoms in total. The zero-order valence-corrected chi connectivity index (χ0v) is 12.9. The van der Waals surface area contributed by atoms with Gasteiger partial charge in [-0.25, -0.2) is 0 Å². The van der Waals surface area contributed by atoms with Crippen molar-refractivity contribution in [1.29, 1.82) is 0 Å². The molecule has 0 fully saturated rings. The molecule has 1 aliphatic rings. The summed E-state index contributed by atoms with van der Waals surface area (Å²) < 4.78 is 0.